The fraction of sp³-hybridized carbons (Fsp3) is 0.700. The zero-order valence-electron chi connectivity index (χ0n) is 9.64. The number of ether oxygens (including phenoxy) is 1. The zero-order chi connectivity index (χ0) is 12.3. The van der Waals surface area contributed by atoms with Crippen molar-refractivity contribution in [3.05, 3.63) is 5.28 Å². The summed E-state index contributed by atoms with van der Waals surface area (Å²) in [4.78, 5) is 14.1. The number of piperidine rings is 1. The van der Waals surface area contributed by atoms with Crippen LogP contribution in [0.2, 0.25) is 5.28 Å². The summed E-state index contributed by atoms with van der Waals surface area (Å²) in [6.07, 6.45) is 2.04. The molecular formula is C10H15ClN4O2. The van der Waals surface area contributed by atoms with Gasteiger partial charge in [0, 0.05) is 19.7 Å². The third kappa shape index (κ3) is 2.95. The van der Waals surface area contributed by atoms with Gasteiger partial charge in [-0.05, 0) is 30.4 Å². The maximum atomic E-state index is 9.18. The second kappa shape index (κ2) is 5.46. The van der Waals surface area contributed by atoms with Gasteiger partial charge in [-0.15, -0.1) is 0 Å². The Kier molecular flexibility index (Phi) is 3.96. The first kappa shape index (κ1) is 12.3. The van der Waals surface area contributed by atoms with Crippen LogP contribution in [0.4, 0.5) is 5.95 Å². The number of nitrogens with zero attached hydrogens (tertiary/aromatic N) is 4. The van der Waals surface area contributed by atoms with Crippen molar-refractivity contribution in [1.82, 2.24) is 15.0 Å². The number of aromatic nitrogens is 3. The molecule has 1 aromatic heterocycles. The van der Waals surface area contributed by atoms with E-state index in [0.717, 1.165) is 25.9 Å². The van der Waals surface area contributed by atoms with Crippen molar-refractivity contribution in [2.75, 3.05) is 31.7 Å². The van der Waals surface area contributed by atoms with E-state index in [-0.39, 0.29) is 23.8 Å². The van der Waals surface area contributed by atoms with Crippen LogP contribution in [0, 0.1) is 5.92 Å². The van der Waals surface area contributed by atoms with Gasteiger partial charge in [0.25, 0.3) is 0 Å². The maximum absolute atomic E-state index is 9.18. The zero-order valence-corrected chi connectivity index (χ0v) is 10.4. The van der Waals surface area contributed by atoms with Gasteiger partial charge >= 0.3 is 6.01 Å². The molecule has 6 nitrogen and oxygen atoms in total. The summed E-state index contributed by atoms with van der Waals surface area (Å²) in [6.45, 7) is 1.78. The van der Waals surface area contributed by atoms with E-state index < -0.39 is 0 Å². The van der Waals surface area contributed by atoms with E-state index in [1.165, 1.54) is 7.11 Å². The molecule has 1 fully saturated rings. The average Bonchev–Trinajstić information content (AvgIpc) is 2.38. The lowest BCUT2D eigenvalue weighted by atomic mass is 9.99. The molecule has 2 heterocycles. The topological polar surface area (TPSA) is 71.4 Å². The predicted molar refractivity (Wildman–Crippen MR) is 63.4 cm³/mol. The van der Waals surface area contributed by atoms with Crippen LogP contribution in [0.1, 0.15) is 12.8 Å². The fourth-order valence-electron chi connectivity index (χ4n) is 1.95. The van der Waals surface area contributed by atoms with Crippen molar-refractivity contribution in [1.29, 1.82) is 0 Å². The molecule has 1 unspecified atom stereocenters. The highest BCUT2D eigenvalue weighted by Gasteiger charge is 2.22. The summed E-state index contributed by atoms with van der Waals surface area (Å²) >= 11 is 5.80. The molecule has 0 amide bonds. The summed E-state index contributed by atoms with van der Waals surface area (Å²) in [5, 5.41) is 9.30. The van der Waals surface area contributed by atoms with Gasteiger partial charge in [0.1, 0.15) is 0 Å². The molecule has 0 spiro atoms. The molecule has 17 heavy (non-hydrogen) atoms. The van der Waals surface area contributed by atoms with Crippen molar-refractivity contribution >= 4 is 17.5 Å². The Morgan fingerprint density at radius 1 is 1.47 bits per heavy atom. The molecule has 1 aliphatic heterocycles. The first-order chi connectivity index (χ1) is 8.22. The van der Waals surface area contributed by atoms with Gasteiger partial charge < -0.3 is 14.7 Å². The maximum Gasteiger partial charge on any atom is 0.322 e. The second-order valence-electron chi connectivity index (χ2n) is 4.03. The van der Waals surface area contributed by atoms with E-state index in [1.54, 1.807) is 0 Å². The molecule has 7 heteroatoms. The number of aliphatic hydroxyl groups excluding tert-OH is 1. The molecule has 1 N–H and O–H groups in total. The van der Waals surface area contributed by atoms with Crippen LogP contribution in [0.3, 0.4) is 0 Å². The number of methoxy groups -OCH3 is 1. The minimum Gasteiger partial charge on any atom is -0.467 e. The minimum atomic E-state index is 0.123. The van der Waals surface area contributed by atoms with Crippen molar-refractivity contribution < 1.29 is 9.84 Å². The molecule has 0 radical (unpaired) electrons. The molecular weight excluding hydrogens is 244 g/mol. The van der Waals surface area contributed by atoms with Crippen LogP contribution < -0.4 is 9.64 Å². The summed E-state index contributed by atoms with van der Waals surface area (Å²) in [5.74, 6) is 0.783. The molecule has 1 aromatic rings. The Labute approximate surface area is 105 Å². The summed E-state index contributed by atoms with van der Waals surface area (Å²) in [7, 11) is 1.49. The van der Waals surface area contributed by atoms with Gasteiger partial charge in [0.05, 0.1) is 7.11 Å². The molecule has 1 atom stereocenters. The molecule has 1 saturated heterocycles. The van der Waals surface area contributed by atoms with Crippen molar-refractivity contribution in [2.24, 2.45) is 5.92 Å². The molecule has 1 aliphatic rings. The van der Waals surface area contributed by atoms with Gasteiger partial charge in [-0.3, -0.25) is 0 Å². The van der Waals surface area contributed by atoms with Gasteiger partial charge in [-0.25, -0.2) is 0 Å². The van der Waals surface area contributed by atoms with E-state index in [4.69, 9.17) is 16.3 Å². The molecule has 0 bridgehead atoms. The average molecular weight is 259 g/mol. The summed E-state index contributed by atoms with van der Waals surface area (Å²) in [6, 6.07) is 0.214. The van der Waals surface area contributed by atoms with Gasteiger partial charge in [-0.1, -0.05) is 0 Å². The van der Waals surface area contributed by atoms with Crippen LogP contribution in [0.25, 0.3) is 0 Å². The molecule has 0 saturated carbocycles. The number of hydrogen-bond acceptors (Lipinski definition) is 6. The number of hydrogen-bond donors (Lipinski definition) is 1. The van der Waals surface area contributed by atoms with Gasteiger partial charge in [-0.2, -0.15) is 15.0 Å². The highest BCUT2D eigenvalue weighted by Crippen LogP contribution is 2.22. The van der Waals surface area contributed by atoms with Crippen LogP contribution in [-0.4, -0.2) is 46.9 Å². The molecule has 94 valence electrons. The Morgan fingerprint density at radius 3 is 3.00 bits per heavy atom. The predicted octanol–water partition coefficient (Wildman–Crippen LogP) is 0.742. The van der Waals surface area contributed by atoms with Crippen LogP contribution in [-0.2, 0) is 0 Å². The van der Waals surface area contributed by atoms with Gasteiger partial charge in [0.2, 0.25) is 11.2 Å². The van der Waals surface area contributed by atoms with Crippen molar-refractivity contribution in [3.8, 4) is 6.01 Å². The third-order valence-corrected chi connectivity index (χ3v) is 2.99. The van der Waals surface area contributed by atoms with Crippen molar-refractivity contribution in [2.45, 2.75) is 12.8 Å². The van der Waals surface area contributed by atoms with Crippen LogP contribution in [0.15, 0.2) is 0 Å². The first-order valence-corrected chi connectivity index (χ1v) is 5.92. The Balaban J connectivity index is 2.18. The van der Waals surface area contributed by atoms with E-state index >= 15 is 0 Å². The third-order valence-electron chi connectivity index (χ3n) is 2.82. The SMILES string of the molecule is COc1nc(Cl)nc(N2CCCC(CO)C2)n1. The number of aliphatic hydroxyl groups is 1. The number of anilines is 1. The fourth-order valence-corrected chi connectivity index (χ4v) is 2.10. The highest BCUT2D eigenvalue weighted by molar-refractivity contribution is 6.28. The molecule has 0 aromatic carbocycles. The van der Waals surface area contributed by atoms with Crippen LogP contribution in [0.5, 0.6) is 6.01 Å². The quantitative estimate of drug-likeness (QED) is 0.862. The standard InChI is InChI=1S/C10H15ClN4O2/c1-17-10-13-8(11)12-9(14-10)15-4-2-3-7(5-15)6-16/h7,16H,2-6H2,1H3. The smallest absolute Gasteiger partial charge is 0.322 e. The largest absolute Gasteiger partial charge is 0.467 e. The lowest BCUT2D eigenvalue weighted by Crippen LogP contribution is -2.38. The number of halogens is 1. The van der Waals surface area contributed by atoms with E-state index in [2.05, 4.69) is 15.0 Å². The summed E-state index contributed by atoms with van der Waals surface area (Å²) in [5.41, 5.74) is 0. The van der Waals surface area contributed by atoms with Crippen molar-refractivity contribution in [3.63, 3.8) is 0 Å². The monoisotopic (exact) mass is 258 g/mol. The number of rotatable bonds is 3. The Hall–Kier alpha value is -1.14. The highest BCUT2D eigenvalue weighted by atomic mass is 35.5. The first-order valence-electron chi connectivity index (χ1n) is 5.54. The molecule has 2 rings (SSSR count). The minimum absolute atomic E-state index is 0.123. The Morgan fingerprint density at radius 2 is 2.29 bits per heavy atom. The lowest BCUT2D eigenvalue weighted by Gasteiger charge is -2.31. The Bertz CT molecular complexity index is 391. The normalized spacial score (nSPS) is 20.4. The molecule has 0 aliphatic carbocycles. The second-order valence-corrected chi connectivity index (χ2v) is 4.37. The van der Waals surface area contributed by atoms with E-state index in [0.29, 0.717) is 5.95 Å². The van der Waals surface area contributed by atoms with Gasteiger partial charge in [0.15, 0.2) is 0 Å². The van der Waals surface area contributed by atoms with Crippen LogP contribution >= 0.6 is 11.6 Å². The lowest BCUT2D eigenvalue weighted by molar-refractivity contribution is 0.208. The van der Waals surface area contributed by atoms with E-state index in [1.807, 2.05) is 4.90 Å². The summed E-state index contributed by atoms with van der Waals surface area (Å²) < 4.78 is 4.96. The van der Waals surface area contributed by atoms with E-state index in [9.17, 15) is 5.11 Å².